The number of aliphatic hydroxyl groups is 1. The Bertz CT molecular complexity index is 495. The van der Waals surface area contributed by atoms with Gasteiger partial charge in [0.1, 0.15) is 0 Å². The Morgan fingerprint density at radius 1 is 1.22 bits per heavy atom. The molecular weight excluding hydrogens is 260 g/mol. The highest BCUT2D eigenvalue weighted by Crippen LogP contribution is 2.35. The number of thioether (sulfide) groups is 1. The fourth-order valence-corrected chi connectivity index (χ4v) is 4.63. The second-order valence-corrected chi connectivity index (χ2v) is 6.88. The fraction of sp³-hybridized carbons (Fsp3) is 0.333. The van der Waals surface area contributed by atoms with Crippen LogP contribution in [0.4, 0.5) is 0 Å². The molecule has 3 rings (SSSR count). The third-order valence-corrected chi connectivity index (χ3v) is 5.59. The molecule has 0 spiro atoms. The zero-order valence-electron chi connectivity index (χ0n) is 10.1. The molecule has 0 saturated heterocycles. The van der Waals surface area contributed by atoms with E-state index in [4.69, 9.17) is 0 Å². The van der Waals surface area contributed by atoms with Crippen LogP contribution in [0, 0.1) is 0 Å². The van der Waals surface area contributed by atoms with E-state index in [0.29, 0.717) is 6.42 Å². The molecule has 2 heterocycles. The Morgan fingerprint density at radius 3 is 2.83 bits per heavy atom. The summed E-state index contributed by atoms with van der Waals surface area (Å²) in [7, 11) is 0. The summed E-state index contributed by atoms with van der Waals surface area (Å²) in [5.41, 5.74) is 2.64. The van der Waals surface area contributed by atoms with Crippen molar-refractivity contribution < 1.29 is 5.11 Å². The minimum atomic E-state index is -0.354. The van der Waals surface area contributed by atoms with Crippen LogP contribution in [-0.4, -0.2) is 10.9 Å². The lowest BCUT2D eigenvalue weighted by Crippen LogP contribution is -1.99. The van der Waals surface area contributed by atoms with Crippen molar-refractivity contribution >= 4 is 23.1 Å². The number of rotatable bonds is 3. The van der Waals surface area contributed by atoms with E-state index in [9.17, 15) is 5.11 Å². The number of aryl methyl sites for hydroxylation is 1. The van der Waals surface area contributed by atoms with Gasteiger partial charge < -0.3 is 5.11 Å². The maximum atomic E-state index is 10.3. The van der Waals surface area contributed by atoms with E-state index in [2.05, 4.69) is 18.2 Å². The molecule has 18 heavy (non-hydrogen) atoms. The maximum Gasteiger partial charge on any atom is 0.0922 e. The summed E-state index contributed by atoms with van der Waals surface area (Å²) < 4.78 is 0. The quantitative estimate of drug-likeness (QED) is 0.920. The number of fused-ring (bicyclic) bond motifs is 1. The van der Waals surface area contributed by atoms with Crippen LogP contribution < -0.4 is 0 Å². The van der Waals surface area contributed by atoms with Crippen molar-refractivity contribution in [1.82, 2.24) is 0 Å². The highest BCUT2D eigenvalue weighted by Gasteiger charge is 2.17. The lowest BCUT2D eigenvalue weighted by molar-refractivity contribution is 0.182. The van der Waals surface area contributed by atoms with Gasteiger partial charge in [-0.25, -0.2) is 0 Å². The number of hydrogen-bond donors (Lipinski definition) is 1. The van der Waals surface area contributed by atoms with Crippen LogP contribution in [0.2, 0.25) is 0 Å². The second-order valence-electron chi connectivity index (χ2n) is 4.61. The van der Waals surface area contributed by atoms with Crippen molar-refractivity contribution in [3.63, 3.8) is 0 Å². The van der Waals surface area contributed by atoms with Gasteiger partial charge in [-0.05, 0) is 29.4 Å². The highest BCUT2D eigenvalue weighted by atomic mass is 32.2. The first kappa shape index (κ1) is 12.3. The molecule has 94 valence electrons. The van der Waals surface area contributed by atoms with E-state index in [1.165, 1.54) is 28.2 Å². The van der Waals surface area contributed by atoms with Crippen molar-refractivity contribution in [2.75, 3.05) is 5.75 Å². The summed E-state index contributed by atoms with van der Waals surface area (Å²) in [6.07, 6.45) is 1.53. The van der Waals surface area contributed by atoms with Gasteiger partial charge in [0.25, 0.3) is 0 Å². The predicted octanol–water partition coefficient (Wildman–Crippen LogP) is 3.81. The average Bonchev–Trinajstić information content (AvgIpc) is 2.84. The number of hydrogen-bond acceptors (Lipinski definition) is 3. The van der Waals surface area contributed by atoms with E-state index in [0.717, 1.165) is 10.6 Å². The predicted molar refractivity (Wildman–Crippen MR) is 79.3 cm³/mol. The van der Waals surface area contributed by atoms with Crippen LogP contribution in [0.5, 0.6) is 0 Å². The first-order chi connectivity index (χ1) is 8.83. The smallest absolute Gasteiger partial charge is 0.0922 e. The van der Waals surface area contributed by atoms with Crippen LogP contribution in [0.25, 0.3) is 0 Å². The standard InChI is InChI=1S/C15H16OS2/c16-13(8-11-4-2-1-3-5-11)15-9-12-10-17-7-6-14(12)18-15/h1-5,9,13,16H,6-8,10H2. The summed E-state index contributed by atoms with van der Waals surface area (Å²) in [5, 5.41) is 10.3. The average molecular weight is 276 g/mol. The Hall–Kier alpha value is -0.770. The highest BCUT2D eigenvalue weighted by molar-refractivity contribution is 7.98. The van der Waals surface area contributed by atoms with Gasteiger partial charge in [-0.2, -0.15) is 11.8 Å². The first-order valence-corrected chi connectivity index (χ1v) is 8.21. The molecule has 3 heteroatoms. The molecule has 0 saturated carbocycles. The Balaban J connectivity index is 1.76. The molecule has 1 aliphatic heterocycles. The summed E-state index contributed by atoms with van der Waals surface area (Å²) in [6, 6.07) is 12.4. The second kappa shape index (κ2) is 5.47. The van der Waals surface area contributed by atoms with E-state index < -0.39 is 0 Å². The Kier molecular flexibility index (Phi) is 3.73. The lowest BCUT2D eigenvalue weighted by Gasteiger charge is -2.08. The van der Waals surface area contributed by atoms with Crippen LogP contribution in [-0.2, 0) is 18.6 Å². The summed E-state index contributed by atoms with van der Waals surface area (Å²) in [5.74, 6) is 2.34. The maximum absolute atomic E-state index is 10.3. The van der Waals surface area contributed by atoms with Gasteiger partial charge in [-0.1, -0.05) is 30.3 Å². The van der Waals surface area contributed by atoms with E-state index >= 15 is 0 Å². The van der Waals surface area contributed by atoms with Gasteiger partial charge in [0.05, 0.1) is 6.10 Å². The monoisotopic (exact) mass is 276 g/mol. The van der Waals surface area contributed by atoms with Crippen molar-refractivity contribution in [1.29, 1.82) is 0 Å². The fourth-order valence-electron chi connectivity index (χ4n) is 2.27. The van der Waals surface area contributed by atoms with Crippen LogP contribution in [0.15, 0.2) is 36.4 Å². The normalized spacial score (nSPS) is 16.3. The summed E-state index contributed by atoms with van der Waals surface area (Å²) in [4.78, 5) is 2.61. The SMILES string of the molecule is OC(Cc1ccccc1)c1cc2c(s1)CCSC2. The van der Waals surface area contributed by atoms with Crippen LogP contribution >= 0.6 is 23.1 Å². The van der Waals surface area contributed by atoms with Gasteiger partial charge in [0, 0.05) is 21.9 Å². The molecule has 0 aliphatic carbocycles. The molecule has 0 fully saturated rings. The summed E-state index contributed by atoms with van der Waals surface area (Å²) >= 11 is 3.79. The Morgan fingerprint density at radius 2 is 2.06 bits per heavy atom. The van der Waals surface area contributed by atoms with E-state index in [1.54, 1.807) is 11.3 Å². The van der Waals surface area contributed by atoms with Crippen molar-refractivity contribution in [2.24, 2.45) is 0 Å². The minimum Gasteiger partial charge on any atom is -0.387 e. The molecule has 1 aromatic carbocycles. The third kappa shape index (κ3) is 2.63. The molecule has 0 radical (unpaired) electrons. The van der Waals surface area contributed by atoms with E-state index in [-0.39, 0.29) is 6.10 Å². The lowest BCUT2D eigenvalue weighted by atomic mass is 10.1. The molecule has 1 atom stereocenters. The van der Waals surface area contributed by atoms with Gasteiger partial charge in [-0.3, -0.25) is 0 Å². The molecule has 1 N–H and O–H groups in total. The summed E-state index contributed by atoms with van der Waals surface area (Å²) in [6.45, 7) is 0. The Labute approximate surface area is 116 Å². The van der Waals surface area contributed by atoms with Crippen molar-refractivity contribution in [3.8, 4) is 0 Å². The van der Waals surface area contributed by atoms with Crippen molar-refractivity contribution in [2.45, 2.75) is 24.7 Å². The molecule has 1 unspecified atom stereocenters. The van der Waals surface area contributed by atoms with Gasteiger partial charge in [-0.15, -0.1) is 11.3 Å². The molecule has 1 aliphatic rings. The number of thiophene rings is 1. The molecule has 1 nitrogen and oxygen atoms in total. The first-order valence-electron chi connectivity index (χ1n) is 6.24. The topological polar surface area (TPSA) is 20.2 Å². The largest absolute Gasteiger partial charge is 0.387 e. The number of benzene rings is 1. The van der Waals surface area contributed by atoms with Crippen molar-refractivity contribution in [3.05, 3.63) is 57.3 Å². The third-order valence-electron chi connectivity index (χ3n) is 3.25. The zero-order valence-corrected chi connectivity index (χ0v) is 11.8. The van der Waals surface area contributed by atoms with Crippen LogP contribution in [0.1, 0.15) is 27.0 Å². The van der Waals surface area contributed by atoms with Gasteiger partial charge >= 0.3 is 0 Å². The molecule has 0 amide bonds. The zero-order chi connectivity index (χ0) is 12.4. The molecule has 2 aromatic rings. The number of aliphatic hydroxyl groups excluding tert-OH is 1. The van der Waals surface area contributed by atoms with Gasteiger partial charge in [0.15, 0.2) is 0 Å². The van der Waals surface area contributed by atoms with E-state index in [1.807, 2.05) is 30.0 Å². The molecule has 1 aromatic heterocycles. The van der Waals surface area contributed by atoms with Crippen LogP contribution in [0.3, 0.4) is 0 Å². The molecular formula is C15H16OS2. The minimum absolute atomic E-state index is 0.354. The van der Waals surface area contributed by atoms with Gasteiger partial charge in [0.2, 0.25) is 0 Å². The molecule has 0 bridgehead atoms.